The smallest absolute Gasteiger partial charge is 0.339 e. The number of hydrogen-bond donors (Lipinski definition) is 1. The summed E-state index contributed by atoms with van der Waals surface area (Å²) in [6.45, 7) is 4.43. The second kappa shape index (κ2) is 11.0. The summed E-state index contributed by atoms with van der Waals surface area (Å²) in [5.74, 6) is -0.364. The zero-order valence-electron chi connectivity index (χ0n) is 17.9. The lowest BCUT2D eigenvalue weighted by atomic mass is 10.00. The highest BCUT2D eigenvalue weighted by molar-refractivity contribution is 6.15. The Hall–Kier alpha value is -3.32. The van der Waals surface area contributed by atoms with E-state index in [4.69, 9.17) is 19.0 Å². The highest BCUT2D eigenvalue weighted by atomic mass is 16.6. The molecule has 0 atom stereocenters. The summed E-state index contributed by atoms with van der Waals surface area (Å²) in [4.78, 5) is 16.5. The monoisotopic (exact) mass is 413 g/mol. The molecule has 0 saturated carbocycles. The number of oxime groups is 1. The van der Waals surface area contributed by atoms with Crippen LogP contribution in [-0.2, 0) is 25.7 Å². The van der Waals surface area contributed by atoms with Crippen molar-refractivity contribution in [2.75, 3.05) is 27.9 Å². The van der Waals surface area contributed by atoms with Crippen molar-refractivity contribution in [1.82, 2.24) is 0 Å². The largest absolute Gasteiger partial charge is 0.503 e. The van der Waals surface area contributed by atoms with Gasteiger partial charge in [-0.25, -0.2) is 4.79 Å². The maximum atomic E-state index is 11.6. The van der Waals surface area contributed by atoms with Gasteiger partial charge in [0.05, 0.1) is 20.0 Å². The van der Waals surface area contributed by atoms with Crippen molar-refractivity contribution in [2.45, 2.75) is 20.5 Å². The number of aliphatic carboxylic acids is 1. The van der Waals surface area contributed by atoms with Crippen LogP contribution in [0.5, 0.6) is 5.75 Å². The van der Waals surface area contributed by atoms with Crippen molar-refractivity contribution in [2.24, 2.45) is 5.16 Å². The first-order valence-electron chi connectivity index (χ1n) is 9.30. The van der Waals surface area contributed by atoms with Crippen LogP contribution in [0.4, 0.5) is 0 Å². The van der Waals surface area contributed by atoms with E-state index < -0.39 is 5.97 Å². The third-order valence-corrected chi connectivity index (χ3v) is 4.47. The third-order valence-electron chi connectivity index (χ3n) is 4.47. The Morgan fingerprint density at radius 1 is 1.07 bits per heavy atom. The molecule has 7 heteroatoms. The van der Waals surface area contributed by atoms with Gasteiger partial charge < -0.3 is 24.2 Å². The van der Waals surface area contributed by atoms with Crippen LogP contribution in [0.3, 0.4) is 0 Å². The summed E-state index contributed by atoms with van der Waals surface area (Å²) in [5.41, 5.74) is 4.84. The number of aryl methyl sites for hydroxylation is 2. The summed E-state index contributed by atoms with van der Waals surface area (Å²) in [6.07, 6.45) is 1.22. The minimum Gasteiger partial charge on any atom is -0.503 e. The van der Waals surface area contributed by atoms with E-state index in [9.17, 15) is 9.90 Å². The van der Waals surface area contributed by atoms with E-state index in [-0.39, 0.29) is 12.2 Å². The maximum absolute atomic E-state index is 11.6. The van der Waals surface area contributed by atoms with Gasteiger partial charge in [0.15, 0.2) is 0 Å². The van der Waals surface area contributed by atoms with Gasteiger partial charge in [0.1, 0.15) is 30.8 Å². The minimum absolute atomic E-state index is 0.0694. The number of carbonyl (C=O) groups is 1. The first-order valence-corrected chi connectivity index (χ1v) is 9.30. The number of carboxylic acid groups (broad SMARTS) is 1. The fourth-order valence-corrected chi connectivity index (χ4v) is 3.07. The molecule has 0 fully saturated rings. The highest BCUT2D eigenvalue weighted by Crippen LogP contribution is 2.26. The molecule has 0 heterocycles. The SMILES string of the molecule is COC=C(C(=O)O)c1ccccc1COc1cc(C)c(C(COC)=NOC)cc1C. The fourth-order valence-electron chi connectivity index (χ4n) is 3.07. The summed E-state index contributed by atoms with van der Waals surface area (Å²) < 4.78 is 16.2. The summed E-state index contributed by atoms with van der Waals surface area (Å²) in [6, 6.07) is 11.1. The molecule has 2 aromatic rings. The van der Waals surface area contributed by atoms with Gasteiger partial charge in [0.2, 0.25) is 0 Å². The molecule has 0 unspecified atom stereocenters. The molecule has 0 aliphatic heterocycles. The van der Waals surface area contributed by atoms with Crippen LogP contribution in [0.1, 0.15) is 27.8 Å². The second-order valence-electron chi connectivity index (χ2n) is 6.60. The molecule has 0 aliphatic carbocycles. The molecule has 2 aromatic carbocycles. The predicted molar refractivity (Wildman–Crippen MR) is 115 cm³/mol. The lowest BCUT2D eigenvalue weighted by Crippen LogP contribution is -2.12. The normalized spacial score (nSPS) is 11.9. The molecule has 0 spiro atoms. The average molecular weight is 413 g/mol. The lowest BCUT2D eigenvalue weighted by Gasteiger charge is -2.16. The molecule has 1 N–H and O–H groups in total. The molecular weight excluding hydrogens is 386 g/mol. The zero-order chi connectivity index (χ0) is 22.1. The van der Waals surface area contributed by atoms with Crippen LogP contribution in [-0.4, -0.2) is 44.7 Å². The van der Waals surface area contributed by atoms with Gasteiger partial charge in [-0.3, -0.25) is 0 Å². The van der Waals surface area contributed by atoms with Crippen LogP contribution in [0.25, 0.3) is 5.57 Å². The van der Waals surface area contributed by atoms with E-state index in [0.29, 0.717) is 23.6 Å². The molecule has 0 radical (unpaired) electrons. The Labute approximate surface area is 176 Å². The van der Waals surface area contributed by atoms with Gasteiger partial charge in [-0.05, 0) is 48.2 Å². The van der Waals surface area contributed by atoms with Crippen molar-refractivity contribution in [3.63, 3.8) is 0 Å². The van der Waals surface area contributed by atoms with Gasteiger partial charge in [0.25, 0.3) is 0 Å². The number of carboxylic acids is 1. The number of nitrogens with zero attached hydrogens (tertiary/aromatic N) is 1. The molecule has 0 amide bonds. The average Bonchev–Trinajstić information content (AvgIpc) is 2.72. The number of methoxy groups -OCH3 is 2. The first-order chi connectivity index (χ1) is 14.4. The van der Waals surface area contributed by atoms with Gasteiger partial charge in [0, 0.05) is 12.7 Å². The van der Waals surface area contributed by atoms with Crippen LogP contribution in [0, 0.1) is 13.8 Å². The third kappa shape index (κ3) is 5.61. The van der Waals surface area contributed by atoms with E-state index in [1.54, 1.807) is 19.2 Å². The summed E-state index contributed by atoms with van der Waals surface area (Å²) >= 11 is 0. The zero-order valence-corrected chi connectivity index (χ0v) is 17.9. The van der Waals surface area contributed by atoms with Crippen molar-refractivity contribution >= 4 is 17.3 Å². The lowest BCUT2D eigenvalue weighted by molar-refractivity contribution is -0.130. The molecule has 30 heavy (non-hydrogen) atoms. The molecule has 0 saturated heterocycles. The van der Waals surface area contributed by atoms with E-state index >= 15 is 0 Å². The van der Waals surface area contributed by atoms with Crippen LogP contribution < -0.4 is 4.74 Å². The number of rotatable bonds is 10. The van der Waals surface area contributed by atoms with Crippen molar-refractivity contribution in [1.29, 1.82) is 0 Å². The molecule has 0 aliphatic rings. The number of benzene rings is 2. The minimum atomic E-state index is -1.07. The van der Waals surface area contributed by atoms with Crippen molar-refractivity contribution in [3.8, 4) is 5.75 Å². The van der Waals surface area contributed by atoms with Gasteiger partial charge in [-0.1, -0.05) is 29.4 Å². The Bertz CT molecular complexity index is 949. The van der Waals surface area contributed by atoms with E-state index in [1.165, 1.54) is 20.5 Å². The van der Waals surface area contributed by atoms with Gasteiger partial charge in [-0.15, -0.1) is 0 Å². The second-order valence-corrected chi connectivity index (χ2v) is 6.60. The molecular formula is C23H27NO6. The van der Waals surface area contributed by atoms with Gasteiger partial charge >= 0.3 is 5.97 Å². The number of ether oxygens (including phenoxy) is 3. The summed E-state index contributed by atoms with van der Waals surface area (Å²) in [7, 11) is 4.52. The van der Waals surface area contributed by atoms with Crippen LogP contribution in [0.2, 0.25) is 0 Å². The molecule has 0 aromatic heterocycles. The quantitative estimate of drug-likeness (QED) is 0.275. The Morgan fingerprint density at radius 2 is 1.80 bits per heavy atom. The Kier molecular flexibility index (Phi) is 8.43. The highest BCUT2D eigenvalue weighted by Gasteiger charge is 2.16. The van der Waals surface area contributed by atoms with E-state index in [1.807, 2.05) is 38.1 Å². The van der Waals surface area contributed by atoms with E-state index in [0.717, 1.165) is 22.3 Å². The maximum Gasteiger partial charge on any atom is 0.339 e. The molecule has 160 valence electrons. The molecule has 2 rings (SSSR count). The van der Waals surface area contributed by atoms with Crippen LogP contribution >= 0.6 is 0 Å². The Morgan fingerprint density at radius 3 is 2.43 bits per heavy atom. The standard InChI is InChI=1S/C23H27NO6/c1-15-11-22(16(2)10-19(15)21(14-28-4)24-29-5)30-12-17-8-6-7-9-18(17)20(13-27-3)23(25)26/h6-11,13H,12,14H2,1-5H3,(H,25,26). The van der Waals surface area contributed by atoms with Crippen molar-refractivity contribution in [3.05, 3.63) is 70.5 Å². The van der Waals surface area contributed by atoms with Crippen LogP contribution in [0.15, 0.2) is 47.8 Å². The van der Waals surface area contributed by atoms with Gasteiger partial charge in [-0.2, -0.15) is 0 Å². The number of hydrogen-bond acceptors (Lipinski definition) is 6. The Balaban J connectivity index is 2.32. The first kappa shape index (κ1) is 23.0. The molecule has 7 nitrogen and oxygen atoms in total. The summed E-state index contributed by atoms with van der Waals surface area (Å²) in [5, 5.41) is 13.5. The van der Waals surface area contributed by atoms with E-state index in [2.05, 4.69) is 5.16 Å². The predicted octanol–water partition coefficient (Wildman–Crippen LogP) is 3.95. The van der Waals surface area contributed by atoms with Crippen molar-refractivity contribution < 1.29 is 28.9 Å². The topological polar surface area (TPSA) is 86.6 Å². The molecule has 0 bridgehead atoms. The fraction of sp³-hybridized carbons (Fsp3) is 0.304.